The molecule has 2 fully saturated rings. The van der Waals surface area contributed by atoms with Gasteiger partial charge >= 0.3 is 0 Å². The fraction of sp³-hybridized carbons (Fsp3) is 0.824. The van der Waals surface area contributed by atoms with E-state index in [4.69, 9.17) is 0 Å². The second kappa shape index (κ2) is 6.49. The van der Waals surface area contributed by atoms with Gasteiger partial charge in [-0.25, -0.2) is 0 Å². The molecule has 4 heteroatoms. The lowest BCUT2D eigenvalue weighted by Crippen LogP contribution is -2.46. The van der Waals surface area contributed by atoms with Crippen LogP contribution >= 0.6 is 0 Å². The van der Waals surface area contributed by atoms with Crippen molar-refractivity contribution in [3.63, 3.8) is 0 Å². The molecule has 4 nitrogen and oxygen atoms in total. The first kappa shape index (κ1) is 15.0. The summed E-state index contributed by atoms with van der Waals surface area (Å²) in [5.74, 6) is 0.490. The van der Waals surface area contributed by atoms with Crippen LogP contribution in [0.25, 0.3) is 0 Å². The number of likely N-dealkylation sites (tertiary alicyclic amines) is 1. The van der Waals surface area contributed by atoms with Gasteiger partial charge in [0.1, 0.15) is 0 Å². The topological polar surface area (TPSA) is 41.3 Å². The first-order valence-corrected chi connectivity index (χ1v) is 8.64. The van der Waals surface area contributed by atoms with E-state index < -0.39 is 0 Å². The third-order valence-corrected chi connectivity index (χ3v) is 5.34. The molecule has 1 aromatic rings. The van der Waals surface area contributed by atoms with Gasteiger partial charge < -0.3 is 5.11 Å². The van der Waals surface area contributed by atoms with Gasteiger partial charge in [0, 0.05) is 25.0 Å². The van der Waals surface area contributed by atoms with Gasteiger partial charge in [-0.05, 0) is 52.1 Å². The van der Waals surface area contributed by atoms with Crippen molar-refractivity contribution >= 4 is 0 Å². The molecule has 1 saturated carbocycles. The summed E-state index contributed by atoms with van der Waals surface area (Å²) in [4.78, 5) is 2.62. The van der Waals surface area contributed by atoms with Crippen LogP contribution in [-0.4, -0.2) is 38.5 Å². The monoisotopic (exact) mass is 291 g/mol. The zero-order valence-corrected chi connectivity index (χ0v) is 13.5. The number of aromatic nitrogens is 2. The van der Waals surface area contributed by atoms with E-state index in [0.717, 1.165) is 25.2 Å². The summed E-state index contributed by atoms with van der Waals surface area (Å²) in [5, 5.41) is 14.9. The molecule has 1 aliphatic heterocycles. The van der Waals surface area contributed by atoms with Crippen molar-refractivity contribution in [2.45, 2.75) is 77.6 Å². The maximum absolute atomic E-state index is 10.3. The molecule has 1 saturated heterocycles. The van der Waals surface area contributed by atoms with Crippen molar-refractivity contribution in [3.8, 4) is 0 Å². The van der Waals surface area contributed by atoms with Gasteiger partial charge in [0.05, 0.1) is 17.5 Å². The average molecular weight is 291 g/mol. The molecule has 1 aromatic heterocycles. The smallest absolute Gasteiger partial charge is 0.0597 e. The maximum Gasteiger partial charge on any atom is 0.0597 e. The summed E-state index contributed by atoms with van der Waals surface area (Å²) in [6.07, 6.45) is 7.18. The largest absolute Gasteiger partial charge is 0.393 e. The van der Waals surface area contributed by atoms with Crippen LogP contribution in [0.15, 0.2) is 6.07 Å². The first-order valence-electron chi connectivity index (χ1n) is 8.64. The number of aryl methyl sites for hydroxylation is 2. The highest BCUT2D eigenvalue weighted by Crippen LogP contribution is 2.35. The van der Waals surface area contributed by atoms with Crippen molar-refractivity contribution in [1.29, 1.82) is 0 Å². The molecule has 21 heavy (non-hydrogen) atoms. The minimum absolute atomic E-state index is 0.0755. The van der Waals surface area contributed by atoms with E-state index in [-0.39, 0.29) is 6.10 Å². The minimum Gasteiger partial charge on any atom is -0.393 e. The highest BCUT2D eigenvalue weighted by atomic mass is 16.3. The van der Waals surface area contributed by atoms with Crippen LogP contribution < -0.4 is 0 Å². The summed E-state index contributed by atoms with van der Waals surface area (Å²) in [7, 11) is 0. The Morgan fingerprint density at radius 1 is 1.24 bits per heavy atom. The van der Waals surface area contributed by atoms with Crippen LogP contribution in [0.2, 0.25) is 0 Å². The lowest BCUT2D eigenvalue weighted by Gasteiger charge is -2.40. The first-order chi connectivity index (χ1) is 10.2. The fourth-order valence-electron chi connectivity index (χ4n) is 4.32. The lowest BCUT2D eigenvalue weighted by atomic mass is 9.87. The predicted molar refractivity (Wildman–Crippen MR) is 84.0 cm³/mol. The molecule has 1 N–H and O–H groups in total. The van der Waals surface area contributed by atoms with Crippen LogP contribution in [0.5, 0.6) is 0 Å². The van der Waals surface area contributed by atoms with E-state index in [0.29, 0.717) is 12.0 Å². The predicted octanol–water partition coefficient (Wildman–Crippen LogP) is 2.73. The second-order valence-corrected chi connectivity index (χ2v) is 6.79. The summed E-state index contributed by atoms with van der Waals surface area (Å²) >= 11 is 0. The summed E-state index contributed by atoms with van der Waals surface area (Å²) in [6.45, 7) is 7.33. The van der Waals surface area contributed by atoms with Crippen LogP contribution in [-0.2, 0) is 13.1 Å². The molecular formula is C17H29N3O. The van der Waals surface area contributed by atoms with Gasteiger partial charge in [-0.2, -0.15) is 5.10 Å². The highest BCUT2D eigenvalue weighted by molar-refractivity contribution is 5.09. The van der Waals surface area contributed by atoms with Gasteiger partial charge in [-0.3, -0.25) is 9.58 Å². The zero-order valence-electron chi connectivity index (χ0n) is 13.5. The fourth-order valence-corrected chi connectivity index (χ4v) is 4.32. The SMILES string of the molecule is CCn1nc(C)cc1CN1CCCCC1C1CCCC1O. The van der Waals surface area contributed by atoms with Crippen molar-refractivity contribution in [1.82, 2.24) is 14.7 Å². The standard InChI is InChI=1S/C17H29N3O/c1-3-20-14(11-13(2)18-20)12-19-10-5-4-8-16(19)15-7-6-9-17(15)21/h11,15-17,21H,3-10,12H2,1-2H3. The molecule has 2 aliphatic rings. The van der Waals surface area contributed by atoms with Crippen molar-refractivity contribution in [2.75, 3.05) is 6.54 Å². The number of nitrogens with zero attached hydrogens (tertiary/aromatic N) is 3. The summed E-state index contributed by atoms with van der Waals surface area (Å²) in [6, 6.07) is 2.79. The van der Waals surface area contributed by atoms with E-state index in [2.05, 4.69) is 34.6 Å². The number of hydrogen-bond donors (Lipinski definition) is 1. The molecule has 118 valence electrons. The number of rotatable bonds is 4. The van der Waals surface area contributed by atoms with Gasteiger partial charge in [0.15, 0.2) is 0 Å². The third-order valence-electron chi connectivity index (χ3n) is 5.34. The normalized spacial score (nSPS) is 30.9. The number of piperidine rings is 1. The van der Waals surface area contributed by atoms with E-state index in [1.54, 1.807) is 0 Å². The van der Waals surface area contributed by atoms with Gasteiger partial charge in [0.25, 0.3) is 0 Å². The van der Waals surface area contributed by atoms with Crippen LogP contribution in [0.4, 0.5) is 0 Å². The molecule has 1 aliphatic carbocycles. The zero-order chi connectivity index (χ0) is 14.8. The number of aliphatic hydroxyl groups is 1. The van der Waals surface area contributed by atoms with E-state index in [1.807, 2.05) is 0 Å². The van der Waals surface area contributed by atoms with Crippen LogP contribution in [0, 0.1) is 12.8 Å². The molecule has 3 atom stereocenters. The molecule has 0 aromatic carbocycles. The molecule has 3 rings (SSSR count). The molecule has 0 amide bonds. The van der Waals surface area contributed by atoms with Gasteiger partial charge in [0.2, 0.25) is 0 Å². The molecule has 0 spiro atoms. The van der Waals surface area contributed by atoms with Gasteiger partial charge in [-0.15, -0.1) is 0 Å². The van der Waals surface area contributed by atoms with Crippen molar-refractivity contribution < 1.29 is 5.11 Å². The molecule has 0 radical (unpaired) electrons. The van der Waals surface area contributed by atoms with E-state index in [9.17, 15) is 5.11 Å². The lowest BCUT2D eigenvalue weighted by molar-refractivity contribution is 0.0300. The van der Waals surface area contributed by atoms with E-state index >= 15 is 0 Å². The number of aliphatic hydroxyl groups excluding tert-OH is 1. The molecule has 3 unspecified atom stereocenters. The number of hydrogen-bond acceptors (Lipinski definition) is 3. The van der Waals surface area contributed by atoms with Crippen molar-refractivity contribution in [3.05, 3.63) is 17.5 Å². The molecule has 0 bridgehead atoms. The van der Waals surface area contributed by atoms with Crippen LogP contribution in [0.3, 0.4) is 0 Å². The Morgan fingerprint density at radius 2 is 2.10 bits per heavy atom. The van der Waals surface area contributed by atoms with E-state index in [1.165, 1.54) is 44.3 Å². The Labute approximate surface area is 128 Å². The Morgan fingerprint density at radius 3 is 2.81 bits per heavy atom. The summed E-state index contributed by atoms with van der Waals surface area (Å²) < 4.78 is 2.13. The third kappa shape index (κ3) is 3.16. The Hall–Kier alpha value is -0.870. The minimum atomic E-state index is -0.0755. The summed E-state index contributed by atoms with van der Waals surface area (Å²) in [5.41, 5.74) is 2.44. The maximum atomic E-state index is 10.3. The quantitative estimate of drug-likeness (QED) is 0.927. The Balaban J connectivity index is 1.74. The highest BCUT2D eigenvalue weighted by Gasteiger charge is 2.37. The Bertz CT molecular complexity index is 471. The molecular weight excluding hydrogens is 262 g/mol. The van der Waals surface area contributed by atoms with Gasteiger partial charge in [-0.1, -0.05) is 12.8 Å². The second-order valence-electron chi connectivity index (χ2n) is 6.79. The average Bonchev–Trinajstić information content (AvgIpc) is 3.05. The Kier molecular flexibility index (Phi) is 4.65. The molecule has 2 heterocycles. The van der Waals surface area contributed by atoms with Crippen LogP contribution in [0.1, 0.15) is 56.8 Å². The van der Waals surface area contributed by atoms with Crippen molar-refractivity contribution in [2.24, 2.45) is 5.92 Å².